The Labute approximate surface area is 523 Å². The molecule has 0 N–H and O–H groups in total. The van der Waals surface area contributed by atoms with Crippen molar-refractivity contribution in [2.75, 3.05) is 9.80 Å². The lowest BCUT2D eigenvalue weighted by molar-refractivity contribution is 0.569. The Balaban J connectivity index is 1.14. The summed E-state index contributed by atoms with van der Waals surface area (Å²) in [7, 11) is 0. The second-order valence-corrected chi connectivity index (χ2v) is 25.6. The molecule has 2 aliphatic heterocycles. The third kappa shape index (κ3) is 9.16. The summed E-state index contributed by atoms with van der Waals surface area (Å²) in [6.45, 7) is 19.3. The maximum absolute atomic E-state index is 11.3. The number of hydrogen-bond acceptors (Lipinski definition) is 4. The molecule has 6 heteroatoms. The van der Waals surface area contributed by atoms with Crippen molar-refractivity contribution in [3.05, 3.63) is 264 Å². The lowest BCUT2D eigenvalue weighted by atomic mass is 9.33. The molecule has 86 heavy (non-hydrogen) atoms. The topological polar surface area (TPSA) is 59.0 Å². The van der Waals surface area contributed by atoms with Crippen LogP contribution >= 0.6 is 0 Å². The maximum Gasteiger partial charge on any atom is 0.252 e. The zero-order chi connectivity index (χ0) is 69.8. The Morgan fingerprint density at radius 3 is 1.48 bits per heavy atom. The van der Waals surface area contributed by atoms with Crippen LogP contribution in [-0.2, 0) is 16.2 Å². The van der Waals surface area contributed by atoms with Gasteiger partial charge in [0.25, 0.3) is 6.71 Å². The molecule has 0 amide bonds. The normalized spacial score (nSPS) is 14.8. The SMILES string of the molecule is [2H]c1c([2H])c([2H])c(-c2ccc3c(c2)N(c2ccc(C#N)c(-n4c5c([2H])c([2H])c([2H])c([2H])c5c5c([2H])c(C#N)c([2H])c([2H])c54)c2)c2cc(C(C)(C)C)cc4c2B3c2ccc(-c3cc(C(C)(C)C)cc(C(C)(C)C)c3)cc2N4c2cc(-c3ccccc3)cc(-c3ccccc3)c2)c([2H])c1[2H]. The van der Waals surface area contributed by atoms with Crippen LogP contribution in [0.3, 0.4) is 0 Å². The summed E-state index contributed by atoms with van der Waals surface area (Å²) in [5.41, 5.74) is 14.8. The summed E-state index contributed by atoms with van der Waals surface area (Å²) in [4.78, 5) is 4.41. The van der Waals surface area contributed by atoms with Gasteiger partial charge in [-0.1, -0.05) is 214 Å². The number of para-hydroxylation sites is 1. The molecule has 0 saturated heterocycles. The Kier molecular flexibility index (Phi) is 9.86. The fourth-order valence-electron chi connectivity index (χ4n) is 12.5. The van der Waals surface area contributed by atoms with Crippen LogP contribution in [0.5, 0.6) is 0 Å². The molecule has 0 saturated carbocycles. The van der Waals surface area contributed by atoms with Crippen molar-refractivity contribution in [3.63, 3.8) is 0 Å². The first-order valence-corrected chi connectivity index (χ1v) is 29.0. The van der Waals surface area contributed by atoms with E-state index in [9.17, 15) is 18.7 Å². The van der Waals surface area contributed by atoms with E-state index in [-0.39, 0.29) is 49.5 Å². The molecule has 414 valence electrons. The van der Waals surface area contributed by atoms with Crippen LogP contribution in [-0.4, -0.2) is 11.3 Å². The van der Waals surface area contributed by atoms with Crippen molar-refractivity contribution in [3.8, 4) is 62.3 Å². The highest BCUT2D eigenvalue weighted by atomic mass is 15.2. The quantitative estimate of drug-likeness (QED) is 0.149. The number of benzene rings is 11. The molecule has 14 rings (SSSR count). The fourth-order valence-corrected chi connectivity index (χ4v) is 12.5. The minimum Gasteiger partial charge on any atom is -0.311 e. The number of fused-ring (bicyclic) bond motifs is 7. The minimum absolute atomic E-state index is 0.00123. The average molecular weight is 1120 g/mol. The maximum atomic E-state index is 11.3. The molecule has 0 fully saturated rings. The number of aromatic nitrogens is 1. The van der Waals surface area contributed by atoms with E-state index < -0.39 is 90.2 Å². The first-order chi connectivity index (χ1) is 46.4. The van der Waals surface area contributed by atoms with Crippen LogP contribution in [0.15, 0.2) is 236 Å². The summed E-state index contributed by atoms with van der Waals surface area (Å²) in [5, 5.41) is 21.3. The monoisotopic (exact) mass is 1120 g/mol. The molecule has 2 aliphatic rings. The molecule has 0 aliphatic carbocycles. The lowest BCUT2D eigenvalue weighted by Gasteiger charge is -2.45. The smallest absolute Gasteiger partial charge is 0.252 e. The molecule has 11 aromatic carbocycles. The molecule has 0 spiro atoms. The van der Waals surface area contributed by atoms with Crippen molar-refractivity contribution >= 4 is 79.0 Å². The molecular weight excluding hydrogens is 1040 g/mol. The van der Waals surface area contributed by atoms with Gasteiger partial charge in [-0.05, 0) is 179 Å². The Morgan fingerprint density at radius 1 is 0.384 bits per heavy atom. The van der Waals surface area contributed by atoms with Crippen LogP contribution < -0.4 is 26.2 Å². The third-order valence-electron chi connectivity index (χ3n) is 17.0. The summed E-state index contributed by atoms with van der Waals surface area (Å²) in [6, 6.07) is 53.9. The minimum atomic E-state index is -0.622. The summed E-state index contributed by atoms with van der Waals surface area (Å²) >= 11 is 0. The van der Waals surface area contributed by atoms with Crippen molar-refractivity contribution in [1.29, 1.82) is 10.5 Å². The molecule has 12 aromatic rings. The first-order valence-electron chi connectivity index (χ1n) is 35.0. The number of nitrogens with zero attached hydrogens (tertiary/aromatic N) is 5. The van der Waals surface area contributed by atoms with Crippen molar-refractivity contribution in [2.24, 2.45) is 0 Å². The molecular formula is C80H66BN5. The van der Waals surface area contributed by atoms with E-state index in [1.54, 1.807) is 24.3 Å². The van der Waals surface area contributed by atoms with Crippen LogP contribution in [0, 0.1) is 22.7 Å². The number of rotatable bonds is 7. The molecule has 0 radical (unpaired) electrons. The van der Waals surface area contributed by atoms with Crippen LogP contribution in [0.1, 0.15) is 107 Å². The van der Waals surface area contributed by atoms with Gasteiger partial charge in [-0.2, -0.15) is 10.5 Å². The van der Waals surface area contributed by atoms with Crippen LogP contribution in [0.25, 0.3) is 72.0 Å². The van der Waals surface area contributed by atoms with Gasteiger partial charge in [0.05, 0.1) is 50.4 Å². The molecule has 1 aromatic heterocycles. The van der Waals surface area contributed by atoms with E-state index in [2.05, 4.69) is 164 Å². The van der Waals surface area contributed by atoms with Gasteiger partial charge in [-0.15, -0.1) is 0 Å². The second kappa shape index (κ2) is 20.3. The van der Waals surface area contributed by atoms with E-state index >= 15 is 0 Å². The largest absolute Gasteiger partial charge is 0.311 e. The Hall–Kier alpha value is -10.1. The standard InChI is InChI=1S/C80H66BN5/c1-78(2,3)61-39-60(40-62(45-61)79(4,5)6)56-32-35-69-74(44-56)85(65-41-58(53-23-15-11-16-24-53)38-59(42-65)54-25-17-12-18-26-54)76-47-63(80(7,8)9)46-75-77(76)81(69)68-34-31-55(52-21-13-10-14-22-52)43-73(68)84(75)64-33-30-57(50-83)72(48-64)86-70-28-20-19-27-66(70)67-37-51(49-82)29-36-71(67)86/h10-48H,1-9H3/i10D,13D,14D,19D,20D,21D,22D,27D,28D,29D,36D,37D. The first kappa shape index (κ1) is 41.8. The van der Waals surface area contributed by atoms with Gasteiger partial charge in [0.2, 0.25) is 0 Å². The molecule has 0 atom stereocenters. The Bertz CT molecular complexity index is 5420. The second-order valence-electron chi connectivity index (χ2n) is 25.6. The van der Waals surface area contributed by atoms with Crippen LogP contribution in [0.2, 0.25) is 0 Å². The molecule has 3 heterocycles. The Morgan fingerprint density at radius 2 is 0.907 bits per heavy atom. The van der Waals surface area contributed by atoms with Gasteiger partial charge >= 0.3 is 0 Å². The number of nitriles is 2. The highest BCUT2D eigenvalue weighted by Crippen LogP contribution is 2.50. The van der Waals surface area contributed by atoms with Crippen molar-refractivity contribution in [2.45, 2.75) is 78.6 Å². The predicted octanol–water partition coefficient (Wildman–Crippen LogP) is 19.2. The van der Waals surface area contributed by atoms with Gasteiger partial charge in [0.1, 0.15) is 6.07 Å². The fraction of sp³-hybridized carbons (Fsp3) is 0.150. The van der Waals surface area contributed by atoms with Gasteiger partial charge in [-0.3, -0.25) is 0 Å². The number of anilines is 6. The predicted molar refractivity (Wildman–Crippen MR) is 362 cm³/mol. The van der Waals surface area contributed by atoms with Gasteiger partial charge in [0, 0.05) is 44.9 Å². The van der Waals surface area contributed by atoms with E-state index in [0.717, 1.165) is 72.4 Å². The third-order valence-corrected chi connectivity index (χ3v) is 17.0. The van der Waals surface area contributed by atoms with E-state index in [1.807, 2.05) is 59.5 Å². The van der Waals surface area contributed by atoms with Gasteiger partial charge in [-0.25, -0.2) is 0 Å². The highest BCUT2D eigenvalue weighted by molar-refractivity contribution is 7.00. The van der Waals surface area contributed by atoms with Crippen molar-refractivity contribution < 1.29 is 16.4 Å². The van der Waals surface area contributed by atoms with E-state index in [0.29, 0.717) is 22.6 Å². The zero-order valence-corrected chi connectivity index (χ0v) is 49.4. The summed E-state index contributed by atoms with van der Waals surface area (Å²) < 4.78 is 111. The highest BCUT2D eigenvalue weighted by Gasteiger charge is 2.45. The zero-order valence-electron chi connectivity index (χ0n) is 61.4. The van der Waals surface area contributed by atoms with Crippen molar-refractivity contribution in [1.82, 2.24) is 4.57 Å². The molecule has 5 nitrogen and oxygen atoms in total. The molecule has 0 unspecified atom stereocenters. The van der Waals surface area contributed by atoms with Crippen LogP contribution in [0.4, 0.5) is 34.1 Å². The average Bonchev–Trinajstić information content (AvgIpc) is 0.965. The van der Waals surface area contributed by atoms with Gasteiger partial charge in [0.15, 0.2) is 0 Å². The van der Waals surface area contributed by atoms with E-state index in [1.165, 1.54) is 15.7 Å². The number of hydrogen-bond donors (Lipinski definition) is 0. The molecule has 0 bridgehead atoms. The van der Waals surface area contributed by atoms with Gasteiger partial charge < -0.3 is 14.4 Å². The lowest BCUT2D eigenvalue weighted by Crippen LogP contribution is -2.61. The summed E-state index contributed by atoms with van der Waals surface area (Å²) in [6.07, 6.45) is 0. The van der Waals surface area contributed by atoms with E-state index in [4.69, 9.17) is 8.22 Å². The summed E-state index contributed by atoms with van der Waals surface area (Å²) in [5.74, 6) is 0.